The van der Waals surface area contributed by atoms with Gasteiger partial charge in [0.05, 0.1) is 0 Å². The van der Waals surface area contributed by atoms with Crippen LogP contribution < -0.4 is 5.73 Å². The van der Waals surface area contributed by atoms with Gasteiger partial charge >= 0.3 is 0 Å². The van der Waals surface area contributed by atoms with Crippen molar-refractivity contribution in [3.05, 3.63) is 29.8 Å². The maximum absolute atomic E-state index is 9.05. The Hall–Kier alpha value is -0.730. The molecular weight excluding hydrogens is 174 g/mol. The molecule has 0 aliphatic rings. The Morgan fingerprint density at radius 2 is 2.25 bits per heavy atom. The van der Waals surface area contributed by atoms with Crippen LogP contribution in [0.4, 0.5) is 0 Å². The van der Waals surface area contributed by atoms with E-state index in [4.69, 9.17) is 17.7 Å². The van der Waals surface area contributed by atoms with E-state index in [1.807, 2.05) is 0 Å². The average Bonchev–Trinajstić information content (AvgIpc) is 2.16. The Morgan fingerprint density at radius 1 is 1.67 bits per heavy atom. The van der Waals surface area contributed by atoms with Crippen LogP contribution in [0.25, 0.3) is 0 Å². The van der Waals surface area contributed by atoms with Crippen LogP contribution >= 0.6 is 12.4 Å². The largest absolute Gasteiger partial charge is 0.508 e. The van der Waals surface area contributed by atoms with Gasteiger partial charge in [-0.15, -0.1) is 12.4 Å². The molecule has 2 nitrogen and oxygen atoms in total. The number of hydrogen-bond acceptors (Lipinski definition) is 2. The van der Waals surface area contributed by atoms with E-state index >= 15 is 0 Å². The Morgan fingerprint density at radius 3 is 2.75 bits per heavy atom. The van der Waals surface area contributed by atoms with Crippen molar-refractivity contribution in [2.24, 2.45) is 5.73 Å². The van der Waals surface area contributed by atoms with Gasteiger partial charge in [0.1, 0.15) is 5.75 Å². The molecule has 0 fully saturated rings. The highest BCUT2D eigenvalue weighted by Gasteiger charge is 1.96. The molecule has 68 valence electrons. The third-order valence-electron chi connectivity index (χ3n) is 1.22. The smallest absolute Gasteiger partial charge is 0.115 e. The fraction of sp³-hybridized carbons (Fsp3) is 0.333. The van der Waals surface area contributed by atoms with E-state index in [0.717, 1.165) is 0 Å². The van der Waals surface area contributed by atoms with Crippen LogP contribution in [0.5, 0.6) is 5.75 Å². The molecule has 0 aliphatic carbocycles. The summed E-state index contributed by atoms with van der Waals surface area (Å²) in [6, 6.07) is 3.05. The van der Waals surface area contributed by atoms with Crippen molar-refractivity contribution >= 4 is 12.4 Å². The Bertz CT molecular complexity index is 365. The summed E-state index contributed by atoms with van der Waals surface area (Å²) in [4.78, 5) is 0. The molecular formula is C9H14ClNO. The van der Waals surface area contributed by atoms with Gasteiger partial charge in [0, 0.05) is 12.9 Å². The first-order valence-corrected chi connectivity index (χ1v) is 3.16. The predicted octanol–water partition coefficient (Wildman–Crippen LogP) is 1.70. The molecule has 12 heavy (non-hydrogen) atoms. The summed E-state index contributed by atoms with van der Waals surface area (Å²) >= 11 is 0. The summed E-state index contributed by atoms with van der Waals surface area (Å²) in [5.41, 5.74) is 5.65. The first-order valence-electron chi connectivity index (χ1n) is 5.74. The highest BCUT2D eigenvalue weighted by Crippen LogP contribution is 2.10. The molecule has 0 amide bonds. The van der Waals surface area contributed by atoms with Gasteiger partial charge in [-0.1, -0.05) is 12.1 Å². The Labute approximate surface area is 85.8 Å². The van der Waals surface area contributed by atoms with Gasteiger partial charge in [-0.05, 0) is 30.9 Å². The number of nitrogens with two attached hydrogens (primary N) is 1. The van der Waals surface area contributed by atoms with Gasteiger partial charge in [0.15, 0.2) is 0 Å². The van der Waals surface area contributed by atoms with Crippen LogP contribution in [0.15, 0.2) is 24.3 Å². The van der Waals surface area contributed by atoms with Crippen molar-refractivity contribution in [3.8, 4) is 5.75 Å². The zero-order valence-corrected chi connectivity index (χ0v) is 7.14. The van der Waals surface area contributed by atoms with Crippen molar-refractivity contribution in [1.82, 2.24) is 0 Å². The second-order valence-corrected chi connectivity index (χ2v) is 2.19. The molecule has 1 aromatic rings. The van der Waals surface area contributed by atoms with E-state index in [9.17, 15) is 0 Å². The number of hydrogen-bond donors (Lipinski definition) is 2. The lowest BCUT2D eigenvalue weighted by Crippen LogP contribution is -2.17. The summed E-state index contributed by atoms with van der Waals surface area (Å²) < 4.78 is 36.6. The lowest BCUT2D eigenvalue weighted by atomic mass is 10.1. The van der Waals surface area contributed by atoms with Gasteiger partial charge in [0.2, 0.25) is 0 Å². The maximum Gasteiger partial charge on any atom is 0.115 e. The molecule has 0 radical (unpaired) electrons. The van der Waals surface area contributed by atoms with E-state index in [1.54, 1.807) is 0 Å². The molecule has 0 aliphatic heterocycles. The number of aromatic hydroxyl groups is 1. The van der Waals surface area contributed by atoms with Crippen molar-refractivity contribution in [2.75, 3.05) is 0 Å². The molecule has 2 atom stereocenters. The lowest BCUT2D eigenvalue weighted by molar-refractivity contribution is 0.475. The van der Waals surface area contributed by atoms with Crippen LogP contribution in [0.2, 0.25) is 0 Å². The fourth-order valence-corrected chi connectivity index (χ4v) is 0.750. The van der Waals surface area contributed by atoms with E-state index < -0.39 is 19.3 Å². The molecule has 1 aromatic carbocycles. The Kier molecular flexibility index (Phi) is 2.13. The molecule has 0 aromatic heterocycles. The highest BCUT2D eigenvalue weighted by molar-refractivity contribution is 5.85. The minimum Gasteiger partial charge on any atom is -0.508 e. The Balaban J connectivity index is 0.00000256. The van der Waals surface area contributed by atoms with E-state index in [-0.39, 0.29) is 23.7 Å². The van der Waals surface area contributed by atoms with Crippen molar-refractivity contribution in [3.63, 3.8) is 0 Å². The van der Waals surface area contributed by atoms with Crippen LogP contribution in [0.3, 0.4) is 0 Å². The van der Waals surface area contributed by atoms with Gasteiger partial charge in [-0.25, -0.2) is 0 Å². The second kappa shape index (κ2) is 5.01. The number of phenolic OH excluding ortho intramolecular Hbond substituents is 1. The zero-order chi connectivity index (χ0) is 12.6. The number of phenols is 1. The molecule has 0 spiro atoms. The molecule has 1 rings (SSSR count). The molecule has 2 unspecified atom stereocenters. The minimum absolute atomic E-state index is 0. The molecule has 0 saturated heterocycles. The van der Waals surface area contributed by atoms with Crippen LogP contribution in [-0.2, 0) is 6.40 Å². The molecule has 3 N–H and O–H groups in total. The van der Waals surface area contributed by atoms with Gasteiger partial charge in [-0.2, -0.15) is 0 Å². The van der Waals surface area contributed by atoms with Gasteiger partial charge < -0.3 is 10.8 Å². The molecule has 0 bridgehead atoms. The molecule has 0 saturated carbocycles. The summed E-state index contributed by atoms with van der Waals surface area (Å²) in [7, 11) is 0. The fourth-order valence-electron chi connectivity index (χ4n) is 0.750. The SMILES string of the molecule is Cl.[2H]C(c1ccc(O)cc1)C([2H])(N)C([2H])([2H])[2H]. The van der Waals surface area contributed by atoms with E-state index in [2.05, 4.69) is 0 Å². The monoisotopic (exact) mass is 192 g/mol. The normalized spacial score (nSPS) is 24.2. The predicted molar refractivity (Wildman–Crippen MR) is 52.7 cm³/mol. The van der Waals surface area contributed by atoms with Gasteiger partial charge in [0.25, 0.3) is 0 Å². The van der Waals surface area contributed by atoms with Crippen molar-refractivity contribution in [1.29, 1.82) is 0 Å². The lowest BCUT2D eigenvalue weighted by Gasteiger charge is -2.03. The van der Waals surface area contributed by atoms with Gasteiger partial charge in [-0.3, -0.25) is 0 Å². The third-order valence-corrected chi connectivity index (χ3v) is 1.22. The van der Waals surface area contributed by atoms with Crippen molar-refractivity contribution < 1.29 is 12.0 Å². The van der Waals surface area contributed by atoms with Crippen molar-refractivity contribution in [2.45, 2.75) is 19.3 Å². The third kappa shape index (κ3) is 3.60. The minimum atomic E-state index is -2.74. The second-order valence-electron chi connectivity index (χ2n) is 2.19. The maximum atomic E-state index is 9.05. The number of benzene rings is 1. The quantitative estimate of drug-likeness (QED) is 0.750. The average molecular weight is 193 g/mol. The summed E-state index contributed by atoms with van der Waals surface area (Å²) in [6.07, 6.45) is -1.40. The topological polar surface area (TPSA) is 46.2 Å². The zero-order valence-electron chi connectivity index (χ0n) is 11.3. The highest BCUT2D eigenvalue weighted by atomic mass is 35.5. The summed E-state index contributed by atoms with van der Waals surface area (Å²) in [5.74, 6) is 0.0115. The van der Waals surface area contributed by atoms with Crippen LogP contribution in [0.1, 0.15) is 19.3 Å². The molecule has 3 heteroatoms. The molecule has 0 heterocycles. The first kappa shape index (κ1) is 5.10. The van der Waals surface area contributed by atoms with E-state index in [1.165, 1.54) is 24.3 Å². The first-order chi connectivity index (χ1) is 7.16. The van der Waals surface area contributed by atoms with Crippen LogP contribution in [0, 0.1) is 0 Å². The number of rotatable bonds is 2. The standard InChI is InChI=1S/C9H13NO.ClH/c1-7(10)6-8-2-4-9(11)5-3-8;/h2-5,7,11H,6,10H2,1H3;1H/i1D3,6D,7D;. The van der Waals surface area contributed by atoms with Crippen LogP contribution in [-0.4, -0.2) is 11.1 Å². The summed E-state index contributed by atoms with van der Waals surface area (Å²) in [6.45, 7) is -2.74. The number of halogens is 1. The summed E-state index contributed by atoms with van der Waals surface area (Å²) in [5, 5.41) is 9.05. The van der Waals surface area contributed by atoms with E-state index in [0.29, 0.717) is 0 Å².